The second kappa shape index (κ2) is 6.72. The minimum Gasteiger partial charge on any atom is -0.368 e. The topological polar surface area (TPSA) is 75.4 Å². The summed E-state index contributed by atoms with van der Waals surface area (Å²) in [5, 5.41) is 3.74. The Morgan fingerprint density at radius 3 is 2.65 bits per heavy atom. The van der Waals surface area contributed by atoms with Crippen LogP contribution in [-0.4, -0.2) is 42.4 Å². The summed E-state index contributed by atoms with van der Waals surface area (Å²) in [6, 6.07) is 6.78. The minimum absolute atomic E-state index is 0.0373. The fraction of sp³-hybridized carbons (Fsp3) is 0.429. The molecule has 0 atom stereocenters. The normalized spacial score (nSPS) is 15.8. The van der Waals surface area contributed by atoms with Crippen LogP contribution in [0.25, 0.3) is 0 Å². The van der Waals surface area contributed by atoms with Crippen LogP contribution < -0.4 is 11.1 Å². The van der Waals surface area contributed by atoms with Crippen LogP contribution in [0.15, 0.2) is 24.3 Å². The third-order valence-corrected chi connectivity index (χ3v) is 3.64. The van der Waals surface area contributed by atoms with Crippen molar-refractivity contribution in [3.05, 3.63) is 34.9 Å². The van der Waals surface area contributed by atoms with E-state index in [1.807, 2.05) is 0 Å². The molecule has 1 aliphatic heterocycles. The number of nitrogens with zero attached hydrogens (tertiary/aromatic N) is 1. The third-order valence-electron chi connectivity index (χ3n) is 3.41. The maximum absolute atomic E-state index is 12.6. The number of benzene rings is 1. The number of nitrogens with one attached hydrogen (secondary N) is 1. The second-order valence-corrected chi connectivity index (χ2v) is 5.33. The first-order valence-electron chi connectivity index (χ1n) is 6.63. The van der Waals surface area contributed by atoms with Crippen molar-refractivity contribution in [3.63, 3.8) is 0 Å². The van der Waals surface area contributed by atoms with Crippen LogP contribution in [0.3, 0.4) is 0 Å². The largest absolute Gasteiger partial charge is 0.368 e. The van der Waals surface area contributed by atoms with Crippen molar-refractivity contribution in [2.45, 2.75) is 18.9 Å². The number of nitrogens with two attached hydrogens (primary N) is 1. The van der Waals surface area contributed by atoms with Crippen molar-refractivity contribution in [3.8, 4) is 0 Å². The molecule has 1 aromatic rings. The van der Waals surface area contributed by atoms with Gasteiger partial charge < -0.3 is 16.0 Å². The van der Waals surface area contributed by atoms with Gasteiger partial charge in [-0.25, -0.2) is 0 Å². The molecule has 2 amide bonds. The number of piperidine rings is 1. The van der Waals surface area contributed by atoms with Gasteiger partial charge in [0.05, 0.1) is 6.54 Å². The molecule has 0 aromatic heterocycles. The maximum Gasteiger partial charge on any atom is 0.254 e. The summed E-state index contributed by atoms with van der Waals surface area (Å²) in [5.41, 5.74) is 5.75. The number of amides is 2. The quantitative estimate of drug-likeness (QED) is 0.871. The highest BCUT2D eigenvalue weighted by Crippen LogP contribution is 2.18. The van der Waals surface area contributed by atoms with Gasteiger partial charge in [0.2, 0.25) is 5.91 Å². The lowest BCUT2D eigenvalue weighted by Crippen LogP contribution is -2.49. The minimum atomic E-state index is -0.501. The Bertz CT molecular complexity index is 501. The Balaban J connectivity index is 2.20. The molecule has 108 valence electrons. The van der Waals surface area contributed by atoms with Gasteiger partial charge in [-0.15, -0.1) is 0 Å². The van der Waals surface area contributed by atoms with Gasteiger partial charge in [-0.05, 0) is 44.1 Å². The van der Waals surface area contributed by atoms with Crippen LogP contribution in [0, 0.1) is 0 Å². The molecule has 0 saturated carbocycles. The molecule has 5 nitrogen and oxygen atoms in total. The van der Waals surface area contributed by atoms with Gasteiger partial charge in [-0.2, -0.15) is 0 Å². The zero-order valence-electron chi connectivity index (χ0n) is 11.1. The highest BCUT2D eigenvalue weighted by molar-refractivity contribution is 6.30. The smallest absolute Gasteiger partial charge is 0.254 e. The highest BCUT2D eigenvalue weighted by Gasteiger charge is 2.27. The van der Waals surface area contributed by atoms with E-state index < -0.39 is 5.91 Å². The van der Waals surface area contributed by atoms with Crippen LogP contribution in [0.2, 0.25) is 5.02 Å². The van der Waals surface area contributed by atoms with Gasteiger partial charge >= 0.3 is 0 Å². The van der Waals surface area contributed by atoms with Crippen molar-refractivity contribution >= 4 is 23.4 Å². The van der Waals surface area contributed by atoms with Crippen molar-refractivity contribution in [1.82, 2.24) is 10.2 Å². The molecule has 6 heteroatoms. The molecule has 0 bridgehead atoms. The van der Waals surface area contributed by atoms with Crippen molar-refractivity contribution in [1.29, 1.82) is 0 Å². The van der Waals surface area contributed by atoms with Crippen molar-refractivity contribution < 1.29 is 9.59 Å². The molecular formula is C14H18ClN3O2. The monoisotopic (exact) mass is 295 g/mol. The standard InChI is InChI=1S/C14H18ClN3O2/c15-11-3-1-2-10(8-11)14(20)18(9-13(16)19)12-4-6-17-7-5-12/h1-3,8,12,17H,4-7,9H2,(H2,16,19). The van der Waals surface area contributed by atoms with Crippen molar-refractivity contribution in [2.24, 2.45) is 5.73 Å². The van der Waals surface area contributed by atoms with E-state index in [-0.39, 0.29) is 18.5 Å². The predicted molar refractivity (Wildman–Crippen MR) is 77.6 cm³/mol. The Morgan fingerprint density at radius 2 is 2.05 bits per heavy atom. The molecule has 0 spiro atoms. The zero-order chi connectivity index (χ0) is 14.5. The number of rotatable bonds is 4. The fourth-order valence-corrected chi connectivity index (χ4v) is 2.63. The first-order chi connectivity index (χ1) is 9.58. The average Bonchev–Trinajstić information content (AvgIpc) is 2.45. The van der Waals surface area contributed by atoms with E-state index in [1.165, 1.54) is 0 Å². The van der Waals surface area contributed by atoms with Crippen LogP contribution in [0.5, 0.6) is 0 Å². The SMILES string of the molecule is NC(=O)CN(C(=O)c1cccc(Cl)c1)C1CCNCC1. The van der Waals surface area contributed by atoms with E-state index in [2.05, 4.69) is 5.32 Å². The summed E-state index contributed by atoms with van der Waals surface area (Å²) in [5.74, 6) is -0.697. The number of carbonyl (C=O) groups excluding carboxylic acids is 2. The zero-order valence-corrected chi connectivity index (χ0v) is 11.9. The third kappa shape index (κ3) is 3.71. The molecule has 2 rings (SSSR count). The van der Waals surface area contributed by atoms with Crippen LogP contribution in [0.1, 0.15) is 23.2 Å². The fourth-order valence-electron chi connectivity index (χ4n) is 2.44. The first-order valence-corrected chi connectivity index (χ1v) is 7.01. The Labute approximate surface area is 123 Å². The van der Waals surface area contributed by atoms with E-state index in [4.69, 9.17) is 17.3 Å². The molecule has 1 fully saturated rings. The first kappa shape index (κ1) is 14.8. The maximum atomic E-state index is 12.6. The Kier molecular flexibility index (Phi) is 4.98. The molecule has 1 aliphatic rings. The summed E-state index contributed by atoms with van der Waals surface area (Å²) >= 11 is 5.91. The van der Waals surface area contributed by atoms with E-state index in [0.717, 1.165) is 25.9 Å². The molecule has 1 aromatic carbocycles. The van der Waals surface area contributed by atoms with Gasteiger partial charge in [0.1, 0.15) is 0 Å². The van der Waals surface area contributed by atoms with Gasteiger partial charge in [-0.1, -0.05) is 17.7 Å². The molecule has 0 aliphatic carbocycles. The number of halogens is 1. The van der Waals surface area contributed by atoms with Gasteiger partial charge in [0.25, 0.3) is 5.91 Å². The highest BCUT2D eigenvalue weighted by atomic mass is 35.5. The molecule has 20 heavy (non-hydrogen) atoms. The molecular weight excluding hydrogens is 278 g/mol. The van der Waals surface area contributed by atoms with Crippen LogP contribution in [0.4, 0.5) is 0 Å². The second-order valence-electron chi connectivity index (χ2n) is 4.89. The molecule has 0 radical (unpaired) electrons. The molecule has 3 N–H and O–H groups in total. The van der Waals surface area contributed by atoms with E-state index in [9.17, 15) is 9.59 Å². The predicted octanol–water partition coefficient (Wildman–Crippen LogP) is 1.02. The van der Waals surface area contributed by atoms with E-state index >= 15 is 0 Å². The van der Waals surface area contributed by atoms with E-state index in [1.54, 1.807) is 29.2 Å². The Hall–Kier alpha value is -1.59. The van der Waals surface area contributed by atoms with Crippen molar-refractivity contribution in [2.75, 3.05) is 19.6 Å². The lowest BCUT2D eigenvalue weighted by molar-refractivity contribution is -0.119. The lowest BCUT2D eigenvalue weighted by Gasteiger charge is -2.34. The van der Waals surface area contributed by atoms with Gasteiger partial charge in [0.15, 0.2) is 0 Å². The Morgan fingerprint density at radius 1 is 1.35 bits per heavy atom. The summed E-state index contributed by atoms with van der Waals surface area (Å²) in [4.78, 5) is 25.4. The number of hydrogen-bond donors (Lipinski definition) is 2. The number of carbonyl (C=O) groups is 2. The summed E-state index contributed by atoms with van der Waals surface area (Å²) in [7, 11) is 0. The number of primary amides is 1. The summed E-state index contributed by atoms with van der Waals surface area (Å²) < 4.78 is 0. The summed E-state index contributed by atoms with van der Waals surface area (Å²) in [6.45, 7) is 1.61. The van der Waals surface area contributed by atoms with Crippen LogP contribution >= 0.6 is 11.6 Å². The molecule has 0 unspecified atom stereocenters. The van der Waals surface area contributed by atoms with Crippen LogP contribution in [-0.2, 0) is 4.79 Å². The molecule has 1 heterocycles. The van der Waals surface area contributed by atoms with E-state index in [0.29, 0.717) is 10.6 Å². The molecule has 1 saturated heterocycles. The van der Waals surface area contributed by atoms with Gasteiger partial charge in [-0.3, -0.25) is 9.59 Å². The van der Waals surface area contributed by atoms with Gasteiger partial charge in [0, 0.05) is 16.6 Å². The average molecular weight is 296 g/mol. The summed E-state index contributed by atoms with van der Waals surface area (Å²) in [6.07, 6.45) is 1.64. The lowest BCUT2D eigenvalue weighted by atomic mass is 10.0. The number of hydrogen-bond acceptors (Lipinski definition) is 3.